The largest absolute Gasteiger partial charge is 0.462 e. The van der Waals surface area contributed by atoms with Gasteiger partial charge in [0.05, 0.1) is 0 Å². The van der Waals surface area contributed by atoms with E-state index in [0.29, 0.717) is 25.7 Å². The minimum Gasteiger partial charge on any atom is -0.462 e. The molecule has 0 aliphatic carbocycles. The Bertz CT molecular complexity index is 1090. The molecule has 0 heterocycles. The Balaban J connectivity index is 4.37. The Kier molecular flexibility index (Phi) is 45.4. The maximum Gasteiger partial charge on any atom is 0.306 e. The van der Waals surface area contributed by atoms with Crippen LogP contribution in [0.15, 0.2) is 60.8 Å². The number of rotatable bonds is 44. The van der Waals surface area contributed by atoms with Crippen molar-refractivity contribution >= 4 is 17.9 Å². The SMILES string of the molecule is CC/C=C\C/C=C\C/C=C\CCCCCCC(=O)OC(COC(=O)CCC/C=C\CCCCCC)COC(=O)CCCCCCC/C=C\CCCCCCCCCCC. The van der Waals surface area contributed by atoms with E-state index in [1.807, 2.05) is 0 Å². The number of hydrogen-bond acceptors (Lipinski definition) is 6. The molecule has 0 radical (unpaired) electrons. The van der Waals surface area contributed by atoms with E-state index in [0.717, 1.165) is 89.9 Å². The summed E-state index contributed by atoms with van der Waals surface area (Å²) in [5, 5.41) is 0. The van der Waals surface area contributed by atoms with Crippen LogP contribution in [0, 0.1) is 0 Å². The van der Waals surface area contributed by atoms with E-state index in [4.69, 9.17) is 14.2 Å². The van der Waals surface area contributed by atoms with Crippen LogP contribution in [0.4, 0.5) is 0 Å². The van der Waals surface area contributed by atoms with Gasteiger partial charge in [-0.1, -0.05) is 184 Å². The van der Waals surface area contributed by atoms with Gasteiger partial charge in [-0.05, 0) is 96.3 Å². The van der Waals surface area contributed by atoms with Gasteiger partial charge in [-0.2, -0.15) is 0 Å². The second-order valence-corrected chi connectivity index (χ2v) is 16.3. The number of carbonyl (C=O) groups is 3. The summed E-state index contributed by atoms with van der Waals surface area (Å²) >= 11 is 0. The summed E-state index contributed by atoms with van der Waals surface area (Å²) in [4.78, 5) is 37.8. The van der Waals surface area contributed by atoms with E-state index >= 15 is 0 Å². The van der Waals surface area contributed by atoms with E-state index in [9.17, 15) is 14.4 Å². The van der Waals surface area contributed by atoms with Crippen molar-refractivity contribution in [1.82, 2.24) is 0 Å². The molecule has 6 nitrogen and oxygen atoms in total. The van der Waals surface area contributed by atoms with Crippen molar-refractivity contribution in [1.29, 1.82) is 0 Å². The van der Waals surface area contributed by atoms with Crippen molar-refractivity contribution in [3.05, 3.63) is 60.8 Å². The fraction of sp³-hybridized carbons (Fsp3) is 0.755. The van der Waals surface area contributed by atoms with Crippen LogP contribution in [0.25, 0.3) is 0 Å². The van der Waals surface area contributed by atoms with Gasteiger partial charge in [-0.3, -0.25) is 14.4 Å². The van der Waals surface area contributed by atoms with Gasteiger partial charge in [0.25, 0.3) is 0 Å². The lowest BCUT2D eigenvalue weighted by Gasteiger charge is -2.18. The molecule has 1 unspecified atom stereocenters. The van der Waals surface area contributed by atoms with Crippen LogP contribution < -0.4 is 0 Å². The molecule has 0 aliphatic rings. The fourth-order valence-electron chi connectivity index (χ4n) is 6.75. The average Bonchev–Trinajstić information content (AvgIpc) is 3.23. The highest BCUT2D eigenvalue weighted by molar-refractivity contribution is 5.71. The van der Waals surface area contributed by atoms with Crippen LogP contribution in [0.1, 0.15) is 239 Å². The topological polar surface area (TPSA) is 78.9 Å². The molecule has 1 atom stereocenters. The van der Waals surface area contributed by atoms with Crippen molar-refractivity contribution in [2.75, 3.05) is 13.2 Å². The molecule has 0 aliphatic heterocycles. The van der Waals surface area contributed by atoms with Crippen LogP contribution in [0.2, 0.25) is 0 Å². The van der Waals surface area contributed by atoms with E-state index in [1.165, 1.54) is 103 Å². The van der Waals surface area contributed by atoms with Gasteiger partial charge >= 0.3 is 17.9 Å². The normalized spacial score (nSPS) is 12.5. The number of ether oxygens (including phenoxy) is 3. The predicted molar refractivity (Wildman–Crippen MR) is 251 cm³/mol. The Morgan fingerprint density at radius 3 is 1.14 bits per heavy atom. The molecule has 59 heavy (non-hydrogen) atoms. The first-order valence-electron chi connectivity index (χ1n) is 24.8. The molecular formula is C53H92O6. The van der Waals surface area contributed by atoms with Crippen molar-refractivity contribution in [2.45, 2.75) is 245 Å². The zero-order valence-electron chi connectivity index (χ0n) is 38.8. The second-order valence-electron chi connectivity index (χ2n) is 16.3. The van der Waals surface area contributed by atoms with E-state index in [1.54, 1.807) is 0 Å². The molecule has 0 amide bonds. The molecule has 0 N–H and O–H groups in total. The van der Waals surface area contributed by atoms with Gasteiger partial charge < -0.3 is 14.2 Å². The molecule has 0 rings (SSSR count). The van der Waals surface area contributed by atoms with Gasteiger partial charge in [-0.25, -0.2) is 0 Å². The smallest absolute Gasteiger partial charge is 0.306 e. The third-order valence-electron chi connectivity index (χ3n) is 10.5. The predicted octanol–water partition coefficient (Wildman–Crippen LogP) is 16.1. The maximum atomic E-state index is 12.7. The third kappa shape index (κ3) is 46.0. The Labute approximate surface area is 364 Å². The lowest BCUT2D eigenvalue weighted by Crippen LogP contribution is -2.30. The summed E-state index contributed by atoms with van der Waals surface area (Å²) in [6.07, 6.45) is 57.9. The van der Waals surface area contributed by atoms with Crippen molar-refractivity contribution < 1.29 is 28.6 Å². The summed E-state index contributed by atoms with van der Waals surface area (Å²) < 4.78 is 16.7. The highest BCUT2D eigenvalue weighted by Crippen LogP contribution is 2.13. The molecule has 0 aromatic carbocycles. The van der Waals surface area contributed by atoms with Crippen LogP contribution in [-0.4, -0.2) is 37.2 Å². The highest BCUT2D eigenvalue weighted by atomic mass is 16.6. The summed E-state index contributed by atoms with van der Waals surface area (Å²) in [6.45, 7) is 6.44. The molecule has 0 bridgehead atoms. The summed E-state index contributed by atoms with van der Waals surface area (Å²) in [7, 11) is 0. The summed E-state index contributed by atoms with van der Waals surface area (Å²) in [5.41, 5.74) is 0. The summed E-state index contributed by atoms with van der Waals surface area (Å²) in [6, 6.07) is 0. The molecular weight excluding hydrogens is 733 g/mol. The number of carbonyl (C=O) groups excluding carboxylic acids is 3. The van der Waals surface area contributed by atoms with Crippen LogP contribution >= 0.6 is 0 Å². The molecule has 0 aromatic rings. The quantitative estimate of drug-likeness (QED) is 0.0263. The molecule has 0 fully saturated rings. The lowest BCUT2D eigenvalue weighted by molar-refractivity contribution is -0.167. The third-order valence-corrected chi connectivity index (χ3v) is 10.5. The van der Waals surface area contributed by atoms with Crippen LogP contribution in [0.5, 0.6) is 0 Å². The monoisotopic (exact) mass is 825 g/mol. The molecule has 0 spiro atoms. The zero-order chi connectivity index (χ0) is 43.0. The van der Waals surface area contributed by atoms with Gasteiger partial charge in [0, 0.05) is 19.3 Å². The first kappa shape index (κ1) is 56.1. The molecule has 0 aromatic heterocycles. The van der Waals surface area contributed by atoms with Gasteiger partial charge in [0.15, 0.2) is 6.10 Å². The second kappa shape index (κ2) is 47.8. The Morgan fingerprint density at radius 2 is 0.678 bits per heavy atom. The summed E-state index contributed by atoms with van der Waals surface area (Å²) in [5.74, 6) is -0.963. The number of esters is 3. The first-order chi connectivity index (χ1) is 29.0. The highest BCUT2D eigenvalue weighted by Gasteiger charge is 2.19. The first-order valence-corrected chi connectivity index (χ1v) is 24.8. The minimum atomic E-state index is -0.798. The maximum absolute atomic E-state index is 12.7. The number of hydrogen-bond donors (Lipinski definition) is 0. The average molecular weight is 825 g/mol. The molecule has 6 heteroatoms. The Morgan fingerprint density at radius 1 is 0.356 bits per heavy atom. The van der Waals surface area contributed by atoms with E-state index < -0.39 is 6.10 Å². The standard InChI is InChI=1S/C53H92O6/c1-4-7-10-13-16-19-21-23-25-26-27-28-30-31-34-37-40-43-46-52(55)58-49-50(48-57-51(54)45-42-39-36-33-18-15-12-9-6-3)59-53(56)47-44-41-38-35-32-29-24-22-20-17-14-11-8-5-2/h8,11,17,20,24,27-29,33,36,50H,4-7,9-10,12-16,18-19,21-23,25-26,30-32,34-35,37-49H2,1-3H3/b11-8-,20-17-,28-27-,29-24-,36-33-. The number of unbranched alkanes of at least 4 members (excludes halogenated alkanes) is 23. The van der Waals surface area contributed by atoms with Gasteiger partial charge in [0.2, 0.25) is 0 Å². The lowest BCUT2D eigenvalue weighted by atomic mass is 10.1. The van der Waals surface area contributed by atoms with E-state index in [-0.39, 0.29) is 31.1 Å². The molecule has 0 saturated heterocycles. The van der Waals surface area contributed by atoms with Crippen molar-refractivity contribution in [2.24, 2.45) is 0 Å². The Hall–Kier alpha value is -2.89. The van der Waals surface area contributed by atoms with Crippen molar-refractivity contribution in [3.63, 3.8) is 0 Å². The zero-order valence-corrected chi connectivity index (χ0v) is 38.8. The van der Waals surface area contributed by atoms with Crippen molar-refractivity contribution in [3.8, 4) is 0 Å². The van der Waals surface area contributed by atoms with Gasteiger partial charge in [-0.15, -0.1) is 0 Å². The van der Waals surface area contributed by atoms with Crippen LogP contribution in [0.3, 0.4) is 0 Å². The molecule has 340 valence electrons. The minimum absolute atomic E-state index is 0.0963. The van der Waals surface area contributed by atoms with E-state index in [2.05, 4.69) is 81.5 Å². The molecule has 0 saturated carbocycles. The fourth-order valence-corrected chi connectivity index (χ4v) is 6.75. The van der Waals surface area contributed by atoms with Crippen LogP contribution in [-0.2, 0) is 28.6 Å². The van der Waals surface area contributed by atoms with Gasteiger partial charge in [0.1, 0.15) is 13.2 Å². The number of allylic oxidation sites excluding steroid dienone is 10.